The van der Waals surface area contributed by atoms with E-state index >= 15 is 0 Å². The average Bonchev–Trinajstić information content (AvgIpc) is 3.00. The standard InChI is InChI=1S/C32H23N5O5/c38-26-17-23-25(18-27(26)39)33-15-13-28(23)42-22-11-12-29(34-19-22)36-31(40)30-24(35-20-7-3-1-4-8-20)14-16-37(32(30)41)21-9-5-2-6-10-21/h1-19,35,38-39H,(H,34,36,40). The van der Waals surface area contributed by atoms with Gasteiger partial charge in [0.05, 0.1) is 17.4 Å². The normalized spacial score (nSPS) is 10.8. The van der Waals surface area contributed by atoms with Crippen LogP contribution in [0.1, 0.15) is 10.4 Å². The number of aromatic hydroxyl groups is 2. The summed E-state index contributed by atoms with van der Waals surface area (Å²) < 4.78 is 7.34. The summed E-state index contributed by atoms with van der Waals surface area (Å²) in [6, 6.07) is 27.4. The summed E-state index contributed by atoms with van der Waals surface area (Å²) in [5.41, 5.74) is 1.53. The molecule has 0 aliphatic carbocycles. The van der Waals surface area contributed by atoms with Crippen LogP contribution in [0.4, 0.5) is 17.2 Å². The van der Waals surface area contributed by atoms with Gasteiger partial charge in [0.1, 0.15) is 22.9 Å². The largest absolute Gasteiger partial charge is 0.504 e. The van der Waals surface area contributed by atoms with Crippen molar-refractivity contribution in [2.24, 2.45) is 0 Å². The van der Waals surface area contributed by atoms with Gasteiger partial charge in [0.2, 0.25) is 0 Å². The van der Waals surface area contributed by atoms with Crippen molar-refractivity contribution < 1.29 is 19.7 Å². The first kappa shape index (κ1) is 26.1. The summed E-state index contributed by atoms with van der Waals surface area (Å²) in [6.45, 7) is 0. The number of ether oxygens (including phenoxy) is 1. The van der Waals surface area contributed by atoms with Crippen LogP contribution in [0.15, 0.2) is 120 Å². The number of fused-ring (bicyclic) bond motifs is 1. The molecule has 3 aromatic heterocycles. The first-order valence-electron chi connectivity index (χ1n) is 12.9. The Balaban J connectivity index is 1.28. The van der Waals surface area contributed by atoms with Crippen LogP contribution in [0.2, 0.25) is 0 Å². The van der Waals surface area contributed by atoms with Gasteiger partial charge in [0.15, 0.2) is 11.5 Å². The molecular formula is C32H23N5O5. The molecule has 0 atom stereocenters. The van der Waals surface area contributed by atoms with Gasteiger partial charge in [-0.1, -0.05) is 36.4 Å². The Labute approximate surface area is 239 Å². The Hall–Kier alpha value is -6.16. The van der Waals surface area contributed by atoms with Crippen LogP contribution >= 0.6 is 0 Å². The molecule has 0 fully saturated rings. The number of aromatic nitrogens is 3. The van der Waals surface area contributed by atoms with Crippen LogP contribution < -0.4 is 20.9 Å². The highest BCUT2D eigenvalue weighted by Gasteiger charge is 2.20. The second-order valence-electron chi connectivity index (χ2n) is 9.21. The number of phenolic OH excluding ortho intramolecular Hbond substituents is 2. The number of hydrogen-bond acceptors (Lipinski definition) is 8. The molecule has 3 heterocycles. The molecule has 0 unspecified atom stereocenters. The predicted octanol–water partition coefficient (Wildman–Crippen LogP) is 5.98. The SMILES string of the molecule is O=C(Nc1ccc(Oc2ccnc3cc(O)c(O)cc23)cn1)c1c(Nc2ccccc2)ccn(-c2ccccc2)c1=O. The van der Waals surface area contributed by atoms with Crippen molar-refractivity contribution in [3.63, 3.8) is 0 Å². The van der Waals surface area contributed by atoms with E-state index in [4.69, 9.17) is 4.74 Å². The summed E-state index contributed by atoms with van der Waals surface area (Å²) in [5.74, 6) is -0.285. The van der Waals surface area contributed by atoms with Gasteiger partial charge in [-0.05, 0) is 54.6 Å². The summed E-state index contributed by atoms with van der Waals surface area (Å²) in [7, 11) is 0. The number of nitrogens with zero attached hydrogens (tertiary/aromatic N) is 3. The summed E-state index contributed by atoms with van der Waals surface area (Å²) in [5, 5.41) is 26.0. The maximum Gasteiger partial charge on any atom is 0.270 e. The third kappa shape index (κ3) is 5.32. The number of carbonyl (C=O) groups is 1. The van der Waals surface area contributed by atoms with E-state index in [1.807, 2.05) is 48.5 Å². The highest BCUT2D eigenvalue weighted by atomic mass is 16.5. The van der Waals surface area contributed by atoms with Gasteiger partial charge in [0.25, 0.3) is 11.5 Å². The van der Waals surface area contributed by atoms with Crippen LogP contribution in [0.3, 0.4) is 0 Å². The lowest BCUT2D eigenvalue weighted by molar-refractivity contribution is 0.102. The molecular weight excluding hydrogens is 534 g/mol. The van der Waals surface area contributed by atoms with Crippen molar-refractivity contribution in [3.8, 4) is 28.7 Å². The van der Waals surface area contributed by atoms with E-state index in [0.717, 1.165) is 5.69 Å². The number of carbonyl (C=O) groups excluding carboxylic acids is 1. The number of hydrogen-bond donors (Lipinski definition) is 4. The number of nitrogens with one attached hydrogen (secondary N) is 2. The lowest BCUT2D eigenvalue weighted by Crippen LogP contribution is -2.29. The van der Waals surface area contributed by atoms with E-state index in [-0.39, 0.29) is 22.9 Å². The minimum absolute atomic E-state index is 0.0846. The number of para-hydroxylation sites is 2. The van der Waals surface area contributed by atoms with Crippen molar-refractivity contribution in [2.45, 2.75) is 0 Å². The van der Waals surface area contributed by atoms with Gasteiger partial charge in [-0.2, -0.15) is 0 Å². The molecule has 0 aliphatic rings. The van der Waals surface area contributed by atoms with Gasteiger partial charge < -0.3 is 25.6 Å². The quantitative estimate of drug-likeness (QED) is 0.176. The monoisotopic (exact) mass is 557 g/mol. The Morgan fingerprint density at radius 3 is 2.31 bits per heavy atom. The van der Waals surface area contributed by atoms with E-state index in [1.54, 1.807) is 42.6 Å². The van der Waals surface area contributed by atoms with E-state index in [1.165, 1.54) is 29.1 Å². The Kier molecular flexibility index (Phi) is 6.92. The Morgan fingerprint density at radius 1 is 0.833 bits per heavy atom. The third-order valence-corrected chi connectivity index (χ3v) is 6.41. The van der Waals surface area contributed by atoms with Crippen molar-refractivity contribution in [2.75, 3.05) is 10.6 Å². The van der Waals surface area contributed by atoms with Crippen molar-refractivity contribution in [1.82, 2.24) is 14.5 Å². The average molecular weight is 558 g/mol. The van der Waals surface area contributed by atoms with Crippen LogP contribution in [0.25, 0.3) is 16.6 Å². The first-order valence-corrected chi connectivity index (χ1v) is 12.9. The maximum absolute atomic E-state index is 13.6. The second-order valence-corrected chi connectivity index (χ2v) is 9.21. The minimum Gasteiger partial charge on any atom is -0.504 e. The number of amides is 1. The zero-order valence-electron chi connectivity index (χ0n) is 21.9. The third-order valence-electron chi connectivity index (χ3n) is 6.41. The van der Waals surface area contributed by atoms with Crippen LogP contribution in [-0.4, -0.2) is 30.7 Å². The summed E-state index contributed by atoms with van der Waals surface area (Å²) in [4.78, 5) is 35.6. The summed E-state index contributed by atoms with van der Waals surface area (Å²) in [6.07, 6.45) is 4.55. The van der Waals surface area contributed by atoms with E-state index in [0.29, 0.717) is 33.8 Å². The second kappa shape index (κ2) is 11.1. The minimum atomic E-state index is -0.639. The highest BCUT2D eigenvalue weighted by molar-refractivity contribution is 6.07. The first-order chi connectivity index (χ1) is 20.5. The van der Waals surface area contributed by atoms with Crippen molar-refractivity contribution in [3.05, 3.63) is 132 Å². The number of rotatable bonds is 7. The topological polar surface area (TPSA) is 139 Å². The number of benzene rings is 3. The lowest BCUT2D eigenvalue weighted by atomic mass is 10.1. The summed E-state index contributed by atoms with van der Waals surface area (Å²) >= 11 is 0. The van der Waals surface area contributed by atoms with E-state index in [2.05, 4.69) is 20.6 Å². The number of pyridine rings is 3. The van der Waals surface area contributed by atoms with Gasteiger partial charge >= 0.3 is 0 Å². The van der Waals surface area contributed by atoms with Gasteiger partial charge in [-0.15, -0.1) is 0 Å². The molecule has 0 saturated carbocycles. The van der Waals surface area contributed by atoms with Crippen LogP contribution in [0.5, 0.6) is 23.0 Å². The van der Waals surface area contributed by atoms with Gasteiger partial charge in [-0.25, -0.2) is 4.98 Å². The molecule has 206 valence electrons. The molecule has 6 rings (SSSR count). The number of anilines is 3. The molecule has 4 N–H and O–H groups in total. The molecule has 6 aromatic rings. The van der Waals surface area contributed by atoms with E-state index in [9.17, 15) is 19.8 Å². The molecule has 0 bridgehead atoms. The zero-order chi connectivity index (χ0) is 29.1. The molecule has 0 spiro atoms. The molecule has 3 aromatic carbocycles. The fraction of sp³-hybridized carbons (Fsp3) is 0. The fourth-order valence-electron chi connectivity index (χ4n) is 4.38. The fourth-order valence-corrected chi connectivity index (χ4v) is 4.38. The van der Waals surface area contributed by atoms with Gasteiger partial charge in [0, 0.05) is 35.2 Å². The smallest absolute Gasteiger partial charge is 0.270 e. The highest BCUT2D eigenvalue weighted by Crippen LogP contribution is 2.35. The van der Waals surface area contributed by atoms with Crippen molar-refractivity contribution in [1.29, 1.82) is 0 Å². The molecule has 0 saturated heterocycles. The van der Waals surface area contributed by atoms with E-state index < -0.39 is 11.5 Å². The molecule has 0 radical (unpaired) electrons. The predicted molar refractivity (Wildman–Crippen MR) is 159 cm³/mol. The van der Waals surface area contributed by atoms with Crippen molar-refractivity contribution >= 4 is 34.0 Å². The Bertz CT molecular complexity index is 1960. The maximum atomic E-state index is 13.6. The zero-order valence-corrected chi connectivity index (χ0v) is 21.9. The Morgan fingerprint density at radius 2 is 1.57 bits per heavy atom. The molecule has 1 amide bonds. The molecule has 0 aliphatic heterocycles. The van der Waals surface area contributed by atoms with Crippen LogP contribution in [0, 0.1) is 0 Å². The number of phenols is 2. The lowest BCUT2D eigenvalue weighted by Gasteiger charge is -2.15. The molecule has 10 nitrogen and oxygen atoms in total. The van der Waals surface area contributed by atoms with Crippen LogP contribution in [-0.2, 0) is 0 Å². The molecule has 42 heavy (non-hydrogen) atoms. The molecule has 10 heteroatoms. The van der Waals surface area contributed by atoms with Gasteiger partial charge in [-0.3, -0.25) is 19.1 Å².